The summed E-state index contributed by atoms with van der Waals surface area (Å²) >= 11 is 10.8. The van der Waals surface area contributed by atoms with Crippen molar-refractivity contribution in [2.45, 2.75) is 0 Å². The van der Waals surface area contributed by atoms with Crippen molar-refractivity contribution in [2.75, 3.05) is 5.32 Å². The number of hydrogen-bond donors (Lipinski definition) is 4. The number of nitrogens with one attached hydrogen (secondary N) is 1. The maximum Gasteiger partial charge on any atom is 0.259 e. The summed E-state index contributed by atoms with van der Waals surface area (Å²) in [6.45, 7) is 0. The van der Waals surface area contributed by atoms with Crippen molar-refractivity contribution in [3.05, 3.63) is 52.5 Å². The van der Waals surface area contributed by atoms with Crippen LogP contribution in [0.25, 0.3) is 0 Å². The molecule has 108 valence electrons. The molecule has 2 aromatic carbocycles. The molecule has 0 atom stereocenters. The maximum atomic E-state index is 12.2. The van der Waals surface area contributed by atoms with Gasteiger partial charge in [-0.3, -0.25) is 4.79 Å². The molecule has 0 saturated carbocycles. The largest absolute Gasteiger partial charge is 0.508 e. The van der Waals surface area contributed by atoms with Gasteiger partial charge in [0.05, 0.1) is 11.3 Å². The van der Waals surface area contributed by atoms with Gasteiger partial charge in [0.1, 0.15) is 16.5 Å². The Kier molecular flexibility index (Phi) is 4.30. The van der Waals surface area contributed by atoms with E-state index in [4.69, 9.17) is 29.6 Å². The molecule has 5 nitrogen and oxygen atoms in total. The Morgan fingerprint density at radius 3 is 2.43 bits per heavy atom. The number of rotatable bonds is 3. The lowest BCUT2D eigenvalue weighted by atomic mass is 10.1. The van der Waals surface area contributed by atoms with Crippen LogP contribution in [0.5, 0.6) is 11.5 Å². The molecular weight excluding hydrogens is 312 g/mol. The monoisotopic (exact) mass is 322 g/mol. The third-order valence-electron chi connectivity index (χ3n) is 2.72. The van der Waals surface area contributed by atoms with Crippen LogP contribution in [-0.2, 0) is 0 Å². The number of carbonyl (C=O) groups excluding carboxylic acids is 1. The normalized spacial score (nSPS) is 10.1. The quantitative estimate of drug-likeness (QED) is 0.652. The molecule has 0 unspecified atom stereocenters. The number of carbonyl (C=O) groups is 1. The highest BCUT2D eigenvalue weighted by Gasteiger charge is 2.14. The zero-order chi connectivity index (χ0) is 15.6. The summed E-state index contributed by atoms with van der Waals surface area (Å²) in [5, 5.41) is 21.9. The van der Waals surface area contributed by atoms with Crippen molar-refractivity contribution in [3.8, 4) is 11.5 Å². The van der Waals surface area contributed by atoms with E-state index >= 15 is 0 Å². The Hall–Kier alpha value is -2.31. The fourth-order valence-corrected chi connectivity index (χ4v) is 2.09. The third-order valence-corrected chi connectivity index (χ3v) is 3.18. The molecule has 0 aromatic heterocycles. The maximum absolute atomic E-state index is 12.2. The molecule has 5 N–H and O–H groups in total. The number of halogens is 1. The van der Waals surface area contributed by atoms with Crippen LogP contribution in [0.3, 0.4) is 0 Å². The van der Waals surface area contributed by atoms with Gasteiger partial charge in [-0.2, -0.15) is 0 Å². The molecule has 0 fully saturated rings. The molecule has 0 radical (unpaired) electrons. The molecule has 0 aliphatic rings. The lowest BCUT2D eigenvalue weighted by Crippen LogP contribution is -2.17. The van der Waals surface area contributed by atoms with Crippen LogP contribution in [-0.4, -0.2) is 21.1 Å². The molecule has 2 rings (SSSR count). The second-order valence-corrected chi connectivity index (χ2v) is 5.09. The standard InChI is InChI=1S/C14H11ClN2O3S/c15-7-1-3-9(13(16)21)11(5-7)17-14(20)10-4-2-8(18)6-12(10)19/h1-6,18-19H,(H2,16,21)(H,17,20). The minimum atomic E-state index is -0.577. The Morgan fingerprint density at radius 1 is 1.14 bits per heavy atom. The highest BCUT2D eigenvalue weighted by Crippen LogP contribution is 2.26. The summed E-state index contributed by atoms with van der Waals surface area (Å²) in [6, 6.07) is 8.36. The summed E-state index contributed by atoms with van der Waals surface area (Å²) in [5.74, 6) is -1.06. The third kappa shape index (κ3) is 3.42. The highest BCUT2D eigenvalue weighted by atomic mass is 35.5. The molecule has 21 heavy (non-hydrogen) atoms. The molecule has 0 spiro atoms. The zero-order valence-corrected chi connectivity index (χ0v) is 12.2. The number of phenolic OH excluding ortho intramolecular Hbond substituents is 2. The smallest absolute Gasteiger partial charge is 0.259 e. The predicted molar refractivity (Wildman–Crippen MR) is 85.1 cm³/mol. The molecule has 0 aliphatic heterocycles. The number of phenols is 2. The molecule has 0 bridgehead atoms. The van der Waals surface area contributed by atoms with Crippen LogP contribution in [0.4, 0.5) is 5.69 Å². The van der Waals surface area contributed by atoms with Gasteiger partial charge < -0.3 is 21.3 Å². The van der Waals surface area contributed by atoms with Crippen LogP contribution in [0.15, 0.2) is 36.4 Å². The van der Waals surface area contributed by atoms with Gasteiger partial charge in [-0.1, -0.05) is 23.8 Å². The van der Waals surface area contributed by atoms with E-state index in [0.29, 0.717) is 16.3 Å². The van der Waals surface area contributed by atoms with Crippen molar-refractivity contribution in [3.63, 3.8) is 0 Å². The van der Waals surface area contributed by atoms with Crippen molar-refractivity contribution >= 4 is 40.4 Å². The van der Waals surface area contributed by atoms with E-state index in [2.05, 4.69) is 5.32 Å². The molecule has 2 aromatic rings. The van der Waals surface area contributed by atoms with E-state index < -0.39 is 5.91 Å². The van der Waals surface area contributed by atoms with Gasteiger partial charge in [0, 0.05) is 16.7 Å². The molecule has 0 saturated heterocycles. The Bertz CT molecular complexity index is 734. The Morgan fingerprint density at radius 2 is 1.81 bits per heavy atom. The molecule has 1 amide bonds. The first-order valence-corrected chi connectivity index (χ1v) is 6.60. The van der Waals surface area contributed by atoms with E-state index in [1.54, 1.807) is 12.1 Å². The predicted octanol–water partition coefficient (Wildman–Crippen LogP) is 2.64. The van der Waals surface area contributed by atoms with Gasteiger partial charge in [-0.25, -0.2) is 0 Å². The van der Waals surface area contributed by atoms with E-state index in [9.17, 15) is 15.0 Å². The lowest BCUT2D eigenvalue weighted by Gasteiger charge is -2.11. The summed E-state index contributed by atoms with van der Waals surface area (Å²) in [5.41, 5.74) is 6.38. The topological polar surface area (TPSA) is 95.6 Å². The van der Waals surface area contributed by atoms with Crippen molar-refractivity contribution in [1.82, 2.24) is 0 Å². The molecule has 0 heterocycles. The summed E-state index contributed by atoms with van der Waals surface area (Å²) in [7, 11) is 0. The fourth-order valence-electron chi connectivity index (χ4n) is 1.74. The van der Waals surface area contributed by atoms with Gasteiger partial charge in [0.2, 0.25) is 0 Å². The Labute approximate surface area is 131 Å². The van der Waals surface area contributed by atoms with Gasteiger partial charge in [-0.05, 0) is 30.3 Å². The number of nitrogens with two attached hydrogens (primary N) is 1. The summed E-state index contributed by atoms with van der Waals surface area (Å²) in [6.07, 6.45) is 0. The molecular formula is C14H11ClN2O3S. The number of aromatic hydroxyl groups is 2. The summed E-state index contributed by atoms with van der Waals surface area (Å²) in [4.78, 5) is 12.3. The van der Waals surface area contributed by atoms with Crippen LogP contribution >= 0.6 is 23.8 Å². The Balaban J connectivity index is 2.35. The van der Waals surface area contributed by atoms with Crippen molar-refractivity contribution in [2.24, 2.45) is 5.73 Å². The van der Waals surface area contributed by atoms with E-state index in [1.165, 1.54) is 18.2 Å². The van der Waals surface area contributed by atoms with Gasteiger partial charge in [0.15, 0.2) is 0 Å². The minimum Gasteiger partial charge on any atom is -0.508 e. The second-order valence-electron chi connectivity index (χ2n) is 4.21. The lowest BCUT2D eigenvalue weighted by molar-refractivity contribution is 0.102. The molecule has 0 aliphatic carbocycles. The first-order chi connectivity index (χ1) is 9.88. The highest BCUT2D eigenvalue weighted by molar-refractivity contribution is 7.80. The number of thiocarbonyl (C=S) groups is 1. The first-order valence-electron chi connectivity index (χ1n) is 5.81. The fraction of sp³-hybridized carbons (Fsp3) is 0. The van der Waals surface area contributed by atoms with Crippen LogP contribution in [0.1, 0.15) is 15.9 Å². The minimum absolute atomic E-state index is 0.00154. The van der Waals surface area contributed by atoms with Crippen molar-refractivity contribution in [1.29, 1.82) is 0 Å². The average Bonchev–Trinajstić information content (AvgIpc) is 2.37. The van der Waals surface area contributed by atoms with Crippen LogP contribution in [0, 0.1) is 0 Å². The van der Waals surface area contributed by atoms with E-state index in [-0.39, 0.29) is 22.1 Å². The number of anilines is 1. The van der Waals surface area contributed by atoms with Gasteiger partial charge in [-0.15, -0.1) is 0 Å². The molecule has 7 heteroatoms. The number of benzene rings is 2. The number of hydrogen-bond acceptors (Lipinski definition) is 4. The average molecular weight is 323 g/mol. The second kappa shape index (κ2) is 5.99. The van der Waals surface area contributed by atoms with E-state index in [0.717, 1.165) is 6.07 Å². The van der Waals surface area contributed by atoms with E-state index in [1.807, 2.05) is 0 Å². The van der Waals surface area contributed by atoms with Gasteiger partial charge in [0.25, 0.3) is 5.91 Å². The number of amides is 1. The SMILES string of the molecule is NC(=S)c1ccc(Cl)cc1NC(=O)c1ccc(O)cc1O. The first kappa shape index (κ1) is 15.1. The van der Waals surface area contributed by atoms with Gasteiger partial charge >= 0.3 is 0 Å². The summed E-state index contributed by atoms with van der Waals surface area (Å²) < 4.78 is 0. The van der Waals surface area contributed by atoms with Crippen LogP contribution < -0.4 is 11.1 Å². The van der Waals surface area contributed by atoms with Crippen LogP contribution in [0.2, 0.25) is 5.02 Å². The van der Waals surface area contributed by atoms with Crippen molar-refractivity contribution < 1.29 is 15.0 Å². The zero-order valence-electron chi connectivity index (χ0n) is 10.6.